The summed E-state index contributed by atoms with van der Waals surface area (Å²) in [6, 6.07) is 0. The van der Waals surface area contributed by atoms with Crippen molar-refractivity contribution >= 4 is 0 Å². The van der Waals surface area contributed by atoms with E-state index in [1.807, 2.05) is 0 Å². The highest BCUT2D eigenvalue weighted by molar-refractivity contribution is 4.83. The Kier molecular flexibility index (Phi) is 4.42. The van der Waals surface area contributed by atoms with Crippen molar-refractivity contribution in [3.05, 3.63) is 12.7 Å². The Morgan fingerprint density at radius 3 is 2.77 bits per heavy atom. The molecule has 0 aliphatic carbocycles. The van der Waals surface area contributed by atoms with Crippen LogP contribution in [0.4, 0.5) is 0 Å². The number of rotatable bonds is 4. The normalized spacial score (nSPS) is 28.0. The van der Waals surface area contributed by atoms with Gasteiger partial charge < -0.3 is 14.9 Å². The van der Waals surface area contributed by atoms with Crippen molar-refractivity contribution in [3.8, 4) is 0 Å². The summed E-state index contributed by atoms with van der Waals surface area (Å²) in [6.45, 7) is 4.18. The molecule has 0 saturated carbocycles. The lowest BCUT2D eigenvalue weighted by Gasteiger charge is -2.27. The van der Waals surface area contributed by atoms with Gasteiger partial charge in [-0.3, -0.25) is 0 Å². The van der Waals surface area contributed by atoms with E-state index in [9.17, 15) is 10.2 Å². The van der Waals surface area contributed by atoms with Crippen LogP contribution in [-0.2, 0) is 4.74 Å². The Morgan fingerprint density at radius 2 is 2.23 bits per heavy atom. The van der Waals surface area contributed by atoms with Crippen molar-refractivity contribution in [1.82, 2.24) is 0 Å². The van der Waals surface area contributed by atoms with Gasteiger partial charge >= 0.3 is 0 Å². The third-order valence-electron chi connectivity index (χ3n) is 2.40. The van der Waals surface area contributed by atoms with Crippen LogP contribution in [0.15, 0.2) is 12.7 Å². The zero-order chi connectivity index (χ0) is 9.68. The van der Waals surface area contributed by atoms with E-state index in [2.05, 4.69) is 6.58 Å². The van der Waals surface area contributed by atoms with E-state index in [-0.39, 0.29) is 6.10 Å². The van der Waals surface area contributed by atoms with Crippen LogP contribution in [0.2, 0.25) is 0 Å². The predicted molar refractivity (Wildman–Crippen MR) is 50.4 cm³/mol. The molecule has 76 valence electrons. The lowest BCUT2D eigenvalue weighted by Crippen LogP contribution is -2.34. The highest BCUT2D eigenvalue weighted by atomic mass is 16.5. The fourth-order valence-corrected chi connectivity index (χ4v) is 1.56. The molecule has 1 heterocycles. The third-order valence-corrected chi connectivity index (χ3v) is 2.40. The van der Waals surface area contributed by atoms with Gasteiger partial charge in [-0.2, -0.15) is 0 Å². The minimum Gasteiger partial charge on any atom is -0.390 e. The molecule has 0 aromatic rings. The zero-order valence-electron chi connectivity index (χ0n) is 7.85. The zero-order valence-corrected chi connectivity index (χ0v) is 7.85. The monoisotopic (exact) mass is 186 g/mol. The van der Waals surface area contributed by atoms with Gasteiger partial charge in [0.1, 0.15) is 0 Å². The van der Waals surface area contributed by atoms with Crippen molar-refractivity contribution in [2.45, 2.75) is 44.0 Å². The molecule has 0 aromatic carbocycles. The van der Waals surface area contributed by atoms with E-state index in [4.69, 9.17) is 4.74 Å². The lowest BCUT2D eigenvalue weighted by atomic mass is 10.00. The molecule has 1 rings (SSSR count). The van der Waals surface area contributed by atoms with E-state index in [1.165, 1.54) is 6.08 Å². The second-order valence-corrected chi connectivity index (χ2v) is 3.51. The first-order chi connectivity index (χ1) is 6.24. The van der Waals surface area contributed by atoms with Gasteiger partial charge in [0.15, 0.2) is 0 Å². The Labute approximate surface area is 79.0 Å². The summed E-state index contributed by atoms with van der Waals surface area (Å²) in [6.07, 6.45) is 3.56. The van der Waals surface area contributed by atoms with Crippen LogP contribution in [0.25, 0.3) is 0 Å². The second kappa shape index (κ2) is 5.37. The van der Waals surface area contributed by atoms with E-state index in [1.54, 1.807) is 0 Å². The molecule has 0 radical (unpaired) electrons. The van der Waals surface area contributed by atoms with Gasteiger partial charge in [0, 0.05) is 13.0 Å². The number of aliphatic hydroxyl groups is 2. The Balaban J connectivity index is 2.28. The molecule has 3 atom stereocenters. The van der Waals surface area contributed by atoms with Gasteiger partial charge in [0.05, 0.1) is 18.3 Å². The molecule has 2 N–H and O–H groups in total. The highest BCUT2D eigenvalue weighted by Gasteiger charge is 2.23. The van der Waals surface area contributed by atoms with Gasteiger partial charge in [-0.15, -0.1) is 6.58 Å². The van der Waals surface area contributed by atoms with Crippen molar-refractivity contribution in [2.75, 3.05) is 6.61 Å². The van der Waals surface area contributed by atoms with Crippen LogP contribution in [0.1, 0.15) is 25.7 Å². The molecule has 0 spiro atoms. The van der Waals surface area contributed by atoms with E-state index in [0.29, 0.717) is 6.42 Å². The Hall–Kier alpha value is -0.380. The average molecular weight is 186 g/mol. The number of ether oxygens (including phenoxy) is 1. The predicted octanol–water partition coefficient (Wildman–Crippen LogP) is 0.853. The average Bonchev–Trinajstić information content (AvgIpc) is 2.19. The van der Waals surface area contributed by atoms with Gasteiger partial charge in [-0.25, -0.2) is 0 Å². The van der Waals surface area contributed by atoms with Crippen LogP contribution in [0.5, 0.6) is 0 Å². The summed E-state index contributed by atoms with van der Waals surface area (Å²) in [5, 5.41) is 18.9. The summed E-state index contributed by atoms with van der Waals surface area (Å²) < 4.78 is 5.39. The van der Waals surface area contributed by atoms with Crippen molar-refractivity contribution < 1.29 is 14.9 Å². The molecular weight excluding hydrogens is 168 g/mol. The highest BCUT2D eigenvalue weighted by Crippen LogP contribution is 2.18. The maximum atomic E-state index is 9.64. The summed E-state index contributed by atoms with van der Waals surface area (Å²) in [5.41, 5.74) is 0. The molecule has 3 nitrogen and oxygen atoms in total. The molecule has 1 aliphatic heterocycles. The minimum atomic E-state index is -0.625. The fraction of sp³-hybridized carbons (Fsp3) is 0.800. The molecule has 1 aliphatic rings. The molecular formula is C10H18O3. The first kappa shape index (κ1) is 10.7. The smallest absolute Gasteiger partial charge is 0.0835 e. The number of hydrogen-bond donors (Lipinski definition) is 2. The minimum absolute atomic E-state index is 0.0941. The molecule has 0 aromatic heterocycles. The van der Waals surface area contributed by atoms with Crippen molar-refractivity contribution in [3.63, 3.8) is 0 Å². The number of aliphatic hydroxyl groups excluding tert-OH is 2. The van der Waals surface area contributed by atoms with Gasteiger partial charge in [-0.05, 0) is 19.3 Å². The maximum absolute atomic E-state index is 9.64. The molecule has 13 heavy (non-hydrogen) atoms. The van der Waals surface area contributed by atoms with Crippen LogP contribution in [0.3, 0.4) is 0 Å². The third kappa shape index (κ3) is 3.46. The summed E-state index contributed by atoms with van der Waals surface area (Å²) in [5.74, 6) is 0. The number of hydrogen-bond acceptors (Lipinski definition) is 3. The Morgan fingerprint density at radius 1 is 1.46 bits per heavy atom. The van der Waals surface area contributed by atoms with E-state index < -0.39 is 12.2 Å². The van der Waals surface area contributed by atoms with Crippen LogP contribution in [-0.4, -0.2) is 35.1 Å². The molecule has 0 bridgehead atoms. The van der Waals surface area contributed by atoms with Gasteiger partial charge in [0.25, 0.3) is 0 Å². The van der Waals surface area contributed by atoms with Crippen LogP contribution in [0, 0.1) is 0 Å². The lowest BCUT2D eigenvalue weighted by molar-refractivity contribution is -0.0724. The van der Waals surface area contributed by atoms with E-state index >= 15 is 0 Å². The largest absolute Gasteiger partial charge is 0.390 e. The molecule has 0 amide bonds. The molecule has 3 heteroatoms. The van der Waals surface area contributed by atoms with Crippen molar-refractivity contribution in [1.29, 1.82) is 0 Å². The maximum Gasteiger partial charge on any atom is 0.0835 e. The standard InChI is InChI=1S/C10H18O3/c1-2-8(11)7-9(12)10-5-3-4-6-13-10/h2,8-12H,1,3-7H2. The topological polar surface area (TPSA) is 49.7 Å². The molecule has 1 fully saturated rings. The van der Waals surface area contributed by atoms with Gasteiger partial charge in [0.2, 0.25) is 0 Å². The fourth-order valence-electron chi connectivity index (χ4n) is 1.56. The first-order valence-corrected chi connectivity index (χ1v) is 4.84. The molecule has 1 saturated heterocycles. The second-order valence-electron chi connectivity index (χ2n) is 3.51. The summed E-state index contributed by atoms with van der Waals surface area (Å²) in [7, 11) is 0. The Bertz CT molecular complexity index is 152. The first-order valence-electron chi connectivity index (χ1n) is 4.84. The van der Waals surface area contributed by atoms with Crippen LogP contribution >= 0.6 is 0 Å². The van der Waals surface area contributed by atoms with Gasteiger partial charge in [-0.1, -0.05) is 6.08 Å². The quantitative estimate of drug-likeness (QED) is 0.640. The SMILES string of the molecule is C=CC(O)CC(O)C1CCCCO1. The van der Waals surface area contributed by atoms with E-state index in [0.717, 1.165) is 25.9 Å². The van der Waals surface area contributed by atoms with Crippen LogP contribution < -0.4 is 0 Å². The van der Waals surface area contributed by atoms with Crippen molar-refractivity contribution in [2.24, 2.45) is 0 Å². The molecule has 3 unspecified atom stereocenters. The summed E-state index contributed by atoms with van der Waals surface area (Å²) in [4.78, 5) is 0. The summed E-state index contributed by atoms with van der Waals surface area (Å²) >= 11 is 0.